The minimum absolute atomic E-state index is 0.0127. The lowest BCUT2D eigenvalue weighted by molar-refractivity contribution is -0.0586. The number of carbonyl (C=O) groups excluding carboxylic acids is 1. The van der Waals surface area contributed by atoms with Crippen molar-refractivity contribution < 1.29 is 18.7 Å². The first kappa shape index (κ1) is 14.9. The van der Waals surface area contributed by atoms with Gasteiger partial charge < -0.3 is 18.8 Å². The van der Waals surface area contributed by atoms with Gasteiger partial charge in [-0.25, -0.2) is 0 Å². The van der Waals surface area contributed by atoms with E-state index in [2.05, 4.69) is 0 Å². The van der Waals surface area contributed by atoms with Gasteiger partial charge in [-0.15, -0.1) is 0 Å². The summed E-state index contributed by atoms with van der Waals surface area (Å²) < 4.78 is 16.8. The highest BCUT2D eigenvalue weighted by molar-refractivity contribution is 5.99. The van der Waals surface area contributed by atoms with Crippen LogP contribution >= 0.6 is 0 Å². The standard InChI is InChI=1S/C17H21NO4/c1-4-20-15-7-13(8-16-14(15)5-6-21-16)17(19)18-9-11(2)22-12(3)10-18/h5-8,11-12H,4,9-10H2,1-3H3/t11-,12-/m1/s1. The number of benzene rings is 1. The molecule has 2 aromatic rings. The molecule has 0 aliphatic carbocycles. The molecule has 0 saturated carbocycles. The van der Waals surface area contributed by atoms with Crippen LogP contribution < -0.4 is 4.74 Å². The van der Waals surface area contributed by atoms with Crippen LogP contribution in [-0.2, 0) is 4.74 Å². The lowest BCUT2D eigenvalue weighted by atomic mass is 10.1. The van der Waals surface area contributed by atoms with Crippen LogP contribution in [0.25, 0.3) is 11.0 Å². The van der Waals surface area contributed by atoms with Gasteiger partial charge in [-0.2, -0.15) is 0 Å². The van der Waals surface area contributed by atoms with Crippen LogP contribution in [0.1, 0.15) is 31.1 Å². The second-order valence-corrected chi connectivity index (χ2v) is 5.71. The third-order valence-corrected chi connectivity index (χ3v) is 3.79. The van der Waals surface area contributed by atoms with Gasteiger partial charge in [0.15, 0.2) is 0 Å². The number of rotatable bonds is 3. The fourth-order valence-electron chi connectivity index (χ4n) is 2.96. The Morgan fingerprint density at radius 3 is 2.73 bits per heavy atom. The fourth-order valence-corrected chi connectivity index (χ4v) is 2.96. The minimum atomic E-state index is -0.0127. The number of carbonyl (C=O) groups is 1. The molecular weight excluding hydrogens is 282 g/mol. The van der Waals surface area contributed by atoms with Gasteiger partial charge in [-0.1, -0.05) is 0 Å². The molecule has 1 aromatic heterocycles. The Bertz CT molecular complexity index is 668. The zero-order chi connectivity index (χ0) is 15.7. The fraction of sp³-hybridized carbons (Fsp3) is 0.471. The van der Waals surface area contributed by atoms with Crippen molar-refractivity contribution in [3.05, 3.63) is 30.0 Å². The maximum atomic E-state index is 12.8. The molecule has 3 rings (SSSR count). The van der Waals surface area contributed by atoms with E-state index < -0.39 is 0 Å². The lowest BCUT2D eigenvalue weighted by Gasteiger charge is -2.35. The lowest BCUT2D eigenvalue weighted by Crippen LogP contribution is -2.48. The normalized spacial score (nSPS) is 22.0. The number of furan rings is 1. The highest BCUT2D eigenvalue weighted by Crippen LogP contribution is 2.29. The molecule has 0 bridgehead atoms. The molecule has 2 atom stereocenters. The maximum absolute atomic E-state index is 12.8. The molecule has 2 heterocycles. The number of hydrogen-bond acceptors (Lipinski definition) is 4. The summed E-state index contributed by atoms with van der Waals surface area (Å²) in [6, 6.07) is 5.44. The number of ether oxygens (including phenoxy) is 2. The van der Waals surface area contributed by atoms with E-state index in [4.69, 9.17) is 13.9 Å². The Labute approximate surface area is 129 Å². The molecule has 118 valence electrons. The van der Waals surface area contributed by atoms with Crippen LogP contribution in [0.15, 0.2) is 28.9 Å². The smallest absolute Gasteiger partial charge is 0.254 e. The van der Waals surface area contributed by atoms with Gasteiger partial charge in [-0.3, -0.25) is 4.79 Å². The Balaban J connectivity index is 1.93. The molecule has 1 amide bonds. The van der Waals surface area contributed by atoms with E-state index in [-0.39, 0.29) is 18.1 Å². The van der Waals surface area contributed by atoms with Gasteiger partial charge in [-0.05, 0) is 39.0 Å². The van der Waals surface area contributed by atoms with E-state index in [1.165, 1.54) is 0 Å². The maximum Gasteiger partial charge on any atom is 0.254 e. The molecule has 0 spiro atoms. The van der Waals surface area contributed by atoms with Gasteiger partial charge in [0.25, 0.3) is 5.91 Å². The first-order valence-electron chi connectivity index (χ1n) is 7.67. The number of nitrogens with zero attached hydrogens (tertiary/aromatic N) is 1. The van der Waals surface area contributed by atoms with Crippen LogP contribution in [0.3, 0.4) is 0 Å². The van der Waals surface area contributed by atoms with Crippen LogP contribution in [0.5, 0.6) is 5.75 Å². The van der Waals surface area contributed by atoms with E-state index in [9.17, 15) is 4.79 Å². The molecule has 0 unspecified atom stereocenters. The van der Waals surface area contributed by atoms with Crippen LogP contribution in [0.4, 0.5) is 0 Å². The van der Waals surface area contributed by atoms with Crippen molar-refractivity contribution in [3.63, 3.8) is 0 Å². The summed E-state index contributed by atoms with van der Waals surface area (Å²) in [6.45, 7) is 7.64. The average molecular weight is 303 g/mol. The third kappa shape index (κ3) is 2.81. The van der Waals surface area contributed by atoms with E-state index in [1.807, 2.05) is 31.7 Å². The monoisotopic (exact) mass is 303 g/mol. The summed E-state index contributed by atoms with van der Waals surface area (Å²) in [5, 5.41) is 0.891. The zero-order valence-corrected chi connectivity index (χ0v) is 13.2. The highest BCUT2D eigenvalue weighted by Gasteiger charge is 2.27. The second kappa shape index (κ2) is 6.01. The molecule has 1 aliphatic heterocycles. The predicted octanol–water partition coefficient (Wildman–Crippen LogP) is 3.08. The summed E-state index contributed by atoms with van der Waals surface area (Å²) in [4.78, 5) is 14.6. The van der Waals surface area contributed by atoms with Crippen molar-refractivity contribution in [1.29, 1.82) is 0 Å². The molecule has 22 heavy (non-hydrogen) atoms. The Kier molecular flexibility index (Phi) is 4.07. The van der Waals surface area contributed by atoms with Crippen molar-refractivity contribution in [2.45, 2.75) is 33.0 Å². The van der Waals surface area contributed by atoms with Gasteiger partial charge in [0.2, 0.25) is 0 Å². The minimum Gasteiger partial charge on any atom is -0.493 e. The average Bonchev–Trinajstić information content (AvgIpc) is 2.94. The van der Waals surface area contributed by atoms with Gasteiger partial charge >= 0.3 is 0 Å². The van der Waals surface area contributed by atoms with E-state index in [0.29, 0.717) is 36.6 Å². The number of amides is 1. The quantitative estimate of drug-likeness (QED) is 0.874. The van der Waals surface area contributed by atoms with E-state index in [0.717, 1.165) is 5.39 Å². The first-order valence-corrected chi connectivity index (χ1v) is 7.67. The molecule has 5 nitrogen and oxygen atoms in total. The summed E-state index contributed by atoms with van der Waals surface area (Å²) in [7, 11) is 0. The van der Waals surface area contributed by atoms with Crippen molar-refractivity contribution >= 4 is 16.9 Å². The van der Waals surface area contributed by atoms with Crippen LogP contribution in [0, 0.1) is 0 Å². The SMILES string of the molecule is CCOc1cc(C(=O)N2C[C@@H](C)O[C@H](C)C2)cc2occc12. The summed E-state index contributed by atoms with van der Waals surface area (Å²) >= 11 is 0. The van der Waals surface area contributed by atoms with Crippen molar-refractivity contribution in [3.8, 4) is 5.75 Å². The first-order chi connectivity index (χ1) is 10.6. The van der Waals surface area contributed by atoms with Crippen LogP contribution in [0.2, 0.25) is 0 Å². The Morgan fingerprint density at radius 1 is 1.32 bits per heavy atom. The van der Waals surface area contributed by atoms with Gasteiger partial charge in [0.05, 0.1) is 30.5 Å². The second-order valence-electron chi connectivity index (χ2n) is 5.71. The summed E-state index contributed by atoms with van der Waals surface area (Å²) in [5.74, 6) is 0.674. The molecule has 5 heteroatoms. The zero-order valence-electron chi connectivity index (χ0n) is 13.2. The number of fused-ring (bicyclic) bond motifs is 1. The van der Waals surface area contributed by atoms with E-state index in [1.54, 1.807) is 18.4 Å². The van der Waals surface area contributed by atoms with Gasteiger partial charge in [0.1, 0.15) is 11.3 Å². The molecule has 1 aliphatic rings. The molecule has 1 aromatic carbocycles. The summed E-state index contributed by atoms with van der Waals surface area (Å²) in [5.41, 5.74) is 1.26. The van der Waals surface area contributed by atoms with Crippen molar-refractivity contribution in [2.24, 2.45) is 0 Å². The largest absolute Gasteiger partial charge is 0.493 e. The van der Waals surface area contributed by atoms with Crippen molar-refractivity contribution in [1.82, 2.24) is 4.90 Å². The van der Waals surface area contributed by atoms with Crippen LogP contribution in [-0.4, -0.2) is 42.7 Å². The third-order valence-electron chi connectivity index (χ3n) is 3.79. The number of morpholine rings is 1. The highest BCUT2D eigenvalue weighted by atomic mass is 16.5. The molecule has 0 N–H and O–H groups in total. The molecule has 1 fully saturated rings. The number of hydrogen-bond donors (Lipinski definition) is 0. The Morgan fingerprint density at radius 2 is 2.05 bits per heavy atom. The molecular formula is C17H21NO4. The van der Waals surface area contributed by atoms with Gasteiger partial charge in [0, 0.05) is 18.7 Å². The predicted molar refractivity (Wildman–Crippen MR) is 83.3 cm³/mol. The van der Waals surface area contributed by atoms with E-state index >= 15 is 0 Å². The summed E-state index contributed by atoms with van der Waals surface area (Å²) in [6.07, 6.45) is 1.71. The van der Waals surface area contributed by atoms with Crippen molar-refractivity contribution in [2.75, 3.05) is 19.7 Å². The molecule has 1 saturated heterocycles. The molecule has 0 radical (unpaired) electrons. The topological polar surface area (TPSA) is 51.9 Å². The Hall–Kier alpha value is -2.01.